The van der Waals surface area contributed by atoms with E-state index in [0.29, 0.717) is 0 Å². The second-order valence-electron chi connectivity index (χ2n) is 4.76. The van der Waals surface area contributed by atoms with Gasteiger partial charge in [0, 0.05) is 0 Å². The summed E-state index contributed by atoms with van der Waals surface area (Å²) in [5.74, 6) is -3.25. The Morgan fingerprint density at radius 1 is 1.35 bits per heavy atom. The number of rotatable bonds is 9. The number of hydrogen-bond acceptors (Lipinski definition) is 7. The monoisotopic (exact) mass is 346 g/mol. The quantitative estimate of drug-likeness (QED) is 0.322. The number of carbonyl (C=O) groups is 2. The maximum absolute atomic E-state index is 11.9. The molecule has 3 N–H and O–H groups in total. The average molecular weight is 346 g/mol. The van der Waals surface area contributed by atoms with Crippen LogP contribution in [-0.2, 0) is 34.8 Å². The van der Waals surface area contributed by atoms with E-state index in [0.717, 1.165) is 5.56 Å². The van der Waals surface area contributed by atoms with Gasteiger partial charge in [0.1, 0.15) is 6.10 Å². The third-order valence-corrected chi connectivity index (χ3v) is 4.89. The molecule has 9 nitrogen and oxygen atoms in total. The molecule has 1 aliphatic rings. The summed E-state index contributed by atoms with van der Waals surface area (Å²) < 4.78 is 26.0. The van der Waals surface area contributed by atoms with Crippen molar-refractivity contribution in [1.82, 2.24) is 0 Å². The Balaban J connectivity index is 1.91. The Morgan fingerprint density at radius 2 is 1.96 bits per heavy atom. The summed E-state index contributed by atoms with van der Waals surface area (Å²) in [5, 5.41) is 15.2. The normalized spacial score (nSPS) is 23.7. The number of carbonyl (C=O) groups excluding carboxylic acids is 1. The van der Waals surface area contributed by atoms with Crippen LogP contribution in [0.3, 0.4) is 0 Å². The highest BCUT2D eigenvalue weighted by Crippen LogP contribution is 2.63. The van der Waals surface area contributed by atoms with Gasteiger partial charge < -0.3 is 29.1 Å². The van der Waals surface area contributed by atoms with Crippen LogP contribution in [0.25, 0.3) is 0 Å². The minimum Gasteiger partial charge on any atom is -0.477 e. The minimum absolute atomic E-state index is 0.116. The number of benzene rings is 1. The summed E-state index contributed by atoms with van der Waals surface area (Å²) >= 11 is 0. The first-order chi connectivity index (χ1) is 10.8. The Morgan fingerprint density at radius 3 is 2.43 bits per heavy atom. The second-order valence-corrected chi connectivity index (χ2v) is 6.68. The van der Waals surface area contributed by atoms with E-state index in [-0.39, 0.29) is 6.61 Å². The number of carboxylic acids is 1. The van der Waals surface area contributed by atoms with Crippen molar-refractivity contribution in [3.8, 4) is 0 Å². The van der Waals surface area contributed by atoms with Gasteiger partial charge in [-0.05, 0) is 5.56 Å². The van der Waals surface area contributed by atoms with Crippen molar-refractivity contribution in [2.45, 2.75) is 18.1 Å². The molecule has 3 atom stereocenters. The van der Waals surface area contributed by atoms with Gasteiger partial charge in [0.25, 0.3) is 0 Å². The molecule has 0 spiro atoms. The molecule has 2 unspecified atom stereocenters. The van der Waals surface area contributed by atoms with Gasteiger partial charge in [-0.25, -0.2) is 9.59 Å². The Bertz CT molecular complexity index is 632. The van der Waals surface area contributed by atoms with Gasteiger partial charge >= 0.3 is 24.9 Å². The summed E-state index contributed by atoms with van der Waals surface area (Å²) in [6.07, 6.45) is -0.977. The lowest BCUT2D eigenvalue weighted by atomic mass is 10.2. The maximum Gasteiger partial charge on any atom is 0.403 e. The number of hydrogen-bond donors (Lipinski definition) is 3. The van der Waals surface area contributed by atoms with Crippen LogP contribution in [0.5, 0.6) is 0 Å². The van der Waals surface area contributed by atoms with Crippen LogP contribution < -0.4 is 0 Å². The number of aliphatic hydroxyl groups excluding tert-OH is 1. The average Bonchev–Trinajstić information content (AvgIpc) is 3.22. The van der Waals surface area contributed by atoms with Crippen LogP contribution in [0.15, 0.2) is 30.3 Å². The van der Waals surface area contributed by atoms with E-state index in [1.54, 1.807) is 24.3 Å². The summed E-state index contributed by atoms with van der Waals surface area (Å²) in [5.41, 5.74) is 0.806. The van der Waals surface area contributed by atoms with Crippen molar-refractivity contribution >= 4 is 19.5 Å². The van der Waals surface area contributed by atoms with Crippen LogP contribution in [0, 0.1) is 0 Å². The van der Waals surface area contributed by atoms with Gasteiger partial charge in [-0.2, -0.15) is 0 Å². The van der Waals surface area contributed by atoms with Crippen molar-refractivity contribution in [3.05, 3.63) is 35.9 Å². The third-order valence-electron chi connectivity index (χ3n) is 3.13. The predicted octanol–water partition coefficient (Wildman–Crippen LogP) is 0.104. The largest absolute Gasteiger partial charge is 0.477 e. The van der Waals surface area contributed by atoms with Crippen LogP contribution in [0.2, 0.25) is 0 Å². The van der Waals surface area contributed by atoms with Crippen LogP contribution in [0.4, 0.5) is 0 Å². The molecule has 2 rings (SSSR count). The summed E-state index contributed by atoms with van der Waals surface area (Å²) in [6, 6.07) is 8.95. The third kappa shape index (κ3) is 3.60. The molecular weight excluding hydrogens is 331 g/mol. The summed E-state index contributed by atoms with van der Waals surface area (Å²) in [7, 11) is -4.92. The van der Waals surface area contributed by atoms with E-state index in [1.807, 2.05) is 6.07 Å². The first-order valence-electron chi connectivity index (χ1n) is 6.54. The molecule has 0 bridgehead atoms. The molecule has 1 heterocycles. The fourth-order valence-corrected chi connectivity index (χ4v) is 2.97. The van der Waals surface area contributed by atoms with Gasteiger partial charge in [0.05, 0.1) is 19.8 Å². The molecule has 126 valence electrons. The van der Waals surface area contributed by atoms with E-state index >= 15 is 0 Å². The van der Waals surface area contributed by atoms with Crippen molar-refractivity contribution in [2.75, 3.05) is 13.2 Å². The van der Waals surface area contributed by atoms with E-state index in [1.165, 1.54) is 0 Å². The zero-order valence-corrected chi connectivity index (χ0v) is 12.7. The molecule has 0 saturated carbocycles. The number of aliphatic carboxylic acids is 1. The highest BCUT2D eigenvalue weighted by atomic mass is 31.2. The molecule has 0 amide bonds. The van der Waals surface area contributed by atoms with Crippen LogP contribution in [0.1, 0.15) is 5.56 Å². The lowest BCUT2D eigenvalue weighted by molar-refractivity contribution is -0.140. The van der Waals surface area contributed by atoms with E-state index in [2.05, 4.69) is 9.26 Å². The zero-order chi connectivity index (χ0) is 17.1. The molecule has 1 aromatic rings. The van der Waals surface area contributed by atoms with Gasteiger partial charge in [0.2, 0.25) is 0 Å². The first-order valence-corrected chi connectivity index (χ1v) is 8.12. The van der Waals surface area contributed by atoms with Crippen LogP contribution in [-0.4, -0.2) is 51.7 Å². The first kappa shape index (κ1) is 17.6. The molecule has 1 aromatic carbocycles. The standard InChI is InChI=1S/C13H15O9P/c14-6-10(20-7-9-4-2-1-3-5-9)8-21-23(18,19)13(11(15)16)12(17)22-13/h1-5,10,14H,6-8H2,(H,15,16)(H,18,19)/t10-,13?/m0/s1. The molecule has 0 aromatic heterocycles. The SMILES string of the molecule is O=C(O)C1(P(=O)(O)OC[C@H](CO)OCc2ccccc2)OC1=O. The molecular formula is C13H15O9P. The summed E-state index contributed by atoms with van der Waals surface area (Å²) in [6.45, 7) is -0.991. The van der Waals surface area contributed by atoms with Crippen molar-refractivity contribution < 1.29 is 43.3 Å². The zero-order valence-electron chi connectivity index (χ0n) is 11.8. The van der Waals surface area contributed by atoms with E-state index in [4.69, 9.17) is 9.84 Å². The van der Waals surface area contributed by atoms with E-state index < -0.39 is 44.2 Å². The maximum atomic E-state index is 11.9. The van der Waals surface area contributed by atoms with Gasteiger partial charge in [0.15, 0.2) is 0 Å². The number of carboxylic acid groups (broad SMARTS) is 1. The Kier molecular flexibility index (Phi) is 5.18. The van der Waals surface area contributed by atoms with Gasteiger partial charge in [-0.15, -0.1) is 0 Å². The molecule has 1 saturated heterocycles. The lowest BCUT2D eigenvalue weighted by Gasteiger charge is -2.19. The second kappa shape index (κ2) is 6.77. The van der Waals surface area contributed by atoms with Crippen molar-refractivity contribution in [2.24, 2.45) is 0 Å². The number of aliphatic hydroxyl groups is 1. The summed E-state index contributed by atoms with van der Waals surface area (Å²) in [4.78, 5) is 31.6. The molecule has 23 heavy (non-hydrogen) atoms. The van der Waals surface area contributed by atoms with Gasteiger partial charge in [-0.1, -0.05) is 30.3 Å². The smallest absolute Gasteiger partial charge is 0.403 e. The fraction of sp³-hybridized carbons (Fsp3) is 0.385. The highest BCUT2D eigenvalue weighted by Gasteiger charge is 2.79. The fourth-order valence-electron chi connectivity index (χ4n) is 1.75. The Hall–Kier alpha value is -1.77. The van der Waals surface area contributed by atoms with Crippen LogP contribution >= 0.6 is 7.60 Å². The Labute approximate surface area is 130 Å². The van der Waals surface area contributed by atoms with Crippen molar-refractivity contribution in [1.29, 1.82) is 0 Å². The predicted molar refractivity (Wildman–Crippen MR) is 74.3 cm³/mol. The molecule has 1 fully saturated rings. The molecule has 10 heteroatoms. The number of ether oxygens (including phenoxy) is 2. The number of cyclic esters (lactones) is 1. The number of epoxide rings is 1. The minimum atomic E-state index is -4.92. The molecule has 0 aliphatic carbocycles. The highest BCUT2D eigenvalue weighted by molar-refractivity contribution is 7.57. The molecule has 0 radical (unpaired) electrons. The van der Waals surface area contributed by atoms with Crippen molar-refractivity contribution in [3.63, 3.8) is 0 Å². The topological polar surface area (TPSA) is 143 Å². The molecule has 1 aliphatic heterocycles. The lowest BCUT2D eigenvalue weighted by Crippen LogP contribution is -2.30. The van der Waals surface area contributed by atoms with E-state index in [9.17, 15) is 24.2 Å². The van der Waals surface area contributed by atoms with Gasteiger partial charge in [-0.3, -0.25) is 4.57 Å².